The third-order valence-electron chi connectivity index (χ3n) is 2.12. The molecule has 0 bridgehead atoms. The van der Waals surface area contributed by atoms with Gasteiger partial charge < -0.3 is 10.1 Å². The number of carbonyl (C=O) groups is 3. The molecule has 0 aliphatic carbocycles. The van der Waals surface area contributed by atoms with Gasteiger partial charge in [0.25, 0.3) is 5.78 Å². The standard InChI is InChI=1S/C12H19NO4/c1-5-7-17-12(16)11(15)10(8(3)4)13-9(14)6-2/h5,8,10H,1,6-7H2,2-4H3,(H,13,14). The number of Topliss-reactive ketones (excluding diaryl/α,β-unsaturated/α-hetero) is 1. The summed E-state index contributed by atoms with van der Waals surface area (Å²) in [5, 5.41) is 2.51. The molecule has 0 aromatic carbocycles. The fourth-order valence-corrected chi connectivity index (χ4v) is 1.14. The van der Waals surface area contributed by atoms with Gasteiger partial charge in [0.2, 0.25) is 5.91 Å². The van der Waals surface area contributed by atoms with Crippen molar-refractivity contribution in [3.8, 4) is 0 Å². The van der Waals surface area contributed by atoms with Crippen LogP contribution in [-0.4, -0.2) is 30.3 Å². The smallest absolute Gasteiger partial charge is 0.377 e. The van der Waals surface area contributed by atoms with Crippen LogP contribution in [0.4, 0.5) is 0 Å². The molecule has 0 fully saturated rings. The van der Waals surface area contributed by atoms with E-state index in [-0.39, 0.29) is 24.9 Å². The Kier molecular flexibility index (Phi) is 6.86. The molecule has 1 N–H and O–H groups in total. The number of carbonyl (C=O) groups excluding carboxylic acids is 3. The lowest BCUT2D eigenvalue weighted by molar-refractivity contribution is -0.154. The van der Waals surface area contributed by atoms with Crippen molar-refractivity contribution in [2.24, 2.45) is 5.92 Å². The Morgan fingerprint density at radius 3 is 2.35 bits per heavy atom. The van der Waals surface area contributed by atoms with Gasteiger partial charge in [0.1, 0.15) is 12.6 Å². The molecule has 0 radical (unpaired) electrons. The SMILES string of the molecule is C=CCOC(=O)C(=O)C(NC(=O)CC)C(C)C. The largest absolute Gasteiger partial charge is 0.456 e. The third-order valence-corrected chi connectivity index (χ3v) is 2.12. The first-order valence-electron chi connectivity index (χ1n) is 5.55. The Labute approximate surface area is 101 Å². The van der Waals surface area contributed by atoms with Gasteiger partial charge in [-0.2, -0.15) is 0 Å². The monoisotopic (exact) mass is 241 g/mol. The molecule has 1 atom stereocenters. The number of rotatable bonds is 7. The lowest BCUT2D eigenvalue weighted by Crippen LogP contribution is -2.47. The molecule has 96 valence electrons. The maximum atomic E-state index is 11.7. The molecule has 17 heavy (non-hydrogen) atoms. The predicted molar refractivity (Wildman–Crippen MR) is 63.2 cm³/mol. The zero-order chi connectivity index (χ0) is 13.4. The Balaban J connectivity index is 4.59. The average molecular weight is 241 g/mol. The van der Waals surface area contributed by atoms with E-state index in [4.69, 9.17) is 0 Å². The van der Waals surface area contributed by atoms with Gasteiger partial charge in [-0.1, -0.05) is 33.4 Å². The highest BCUT2D eigenvalue weighted by Crippen LogP contribution is 2.05. The molecule has 0 aliphatic heterocycles. The van der Waals surface area contributed by atoms with E-state index in [9.17, 15) is 14.4 Å². The highest BCUT2D eigenvalue weighted by atomic mass is 16.5. The molecule has 0 aromatic heterocycles. The van der Waals surface area contributed by atoms with Crippen LogP contribution < -0.4 is 5.32 Å². The number of hydrogen-bond donors (Lipinski definition) is 1. The fraction of sp³-hybridized carbons (Fsp3) is 0.583. The first kappa shape index (κ1) is 15.3. The number of ketones is 1. The van der Waals surface area contributed by atoms with Crippen LogP contribution in [0.5, 0.6) is 0 Å². The second kappa shape index (κ2) is 7.60. The summed E-state index contributed by atoms with van der Waals surface area (Å²) in [5.74, 6) is -2.12. The maximum Gasteiger partial charge on any atom is 0.377 e. The van der Waals surface area contributed by atoms with Crippen LogP contribution in [0.25, 0.3) is 0 Å². The molecule has 0 saturated heterocycles. The summed E-state index contributed by atoms with van der Waals surface area (Å²) in [5.41, 5.74) is 0. The van der Waals surface area contributed by atoms with E-state index < -0.39 is 17.8 Å². The minimum atomic E-state index is -0.944. The van der Waals surface area contributed by atoms with Crippen molar-refractivity contribution in [3.63, 3.8) is 0 Å². The molecule has 1 amide bonds. The number of ether oxygens (including phenoxy) is 1. The summed E-state index contributed by atoms with van der Waals surface area (Å²) in [6.07, 6.45) is 1.64. The Hall–Kier alpha value is -1.65. The highest BCUT2D eigenvalue weighted by Gasteiger charge is 2.30. The van der Waals surface area contributed by atoms with Crippen molar-refractivity contribution in [1.82, 2.24) is 5.32 Å². The minimum absolute atomic E-state index is 0.0168. The van der Waals surface area contributed by atoms with E-state index in [1.54, 1.807) is 20.8 Å². The molecular formula is C12H19NO4. The number of hydrogen-bond acceptors (Lipinski definition) is 4. The molecule has 0 rings (SSSR count). The third kappa shape index (κ3) is 5.29. The maximum absolute atomic E-state index is 11.7. The lowest BCUT2D eigenvalue weighted by atomic mass is 9.99. The summed E-state index contributed by atoms with van der Waals surface area (Å²) >= 11 is 0. The second-order valence-corrected chi connectivity index (χ2v) is 3.89. The van der Waals surface area contributed by atoms with Crippen molar-refractivity contribution < 1.29 is 19.1 Å². The van der Waals surface area contributed by atoms with E-state index in [1.807, 2.05) is 0 Å². The van der Waals surface area contributed by atoms with Crippen LogP contribution in [-0.2, 0) is 19.1 Å². The summed E-state index contributed by atoms with van der Waals surface area (Å²) in [4.78, 5) is 34.3. The minimum Gasteiger partial charge on any atom is -0.456 e. The molecule has 0 aliphatic rings. The van der Waals surface area contributed by atoms with Crippen LogP contribution >= 0.6 is 0 Å². The van der Waals surface area contributed by atoms with Crippen molar-refractivity contribution in [3.05, 3.63) is 12.7 Å². The normalized spacial score (nSPS) is 11.8. The van der Waals surface area contributed by atoms with Gasteiger partial charge in [0.05, 0.1) is 0 Å². The van der Waals surface area contributed by atoms with E-state index in [2.05, 4.69) is 16.6 Å². The Bertz CT molecular complexity index is 310. The molecular weight excluding hydrogens is 222 g/mol. The molecule has 1 unspecified atom stereocenters. The molecule has 0 saturated carbocycles. The summed E-state index contributed by atoms with van der Waals surface area (Å²) in [6.45, 7) is 8.53. The summed E-state index contributed by atoms with van der Waals surface area (Å²) < 4.78 is 4.64. The van der Waals surface area contributed by atoms with E-state index >= 15 is 0 Å². The van der Waals surface area contributed by atoms with Crippen molar-refractivity contribution in [1.29, 1.82) is 0 Å². The number of esters is 1. The van der Waals surface area contributed by atoms with Gasteiger partial charge in [-0.05, 0) is 5.92 Å². The molecule has 5 nitrogen and oxygen atoms in total. The second-order valence-electron chi connectivity index (χ2n) is 3.89. The molecule has 5 heteroatoms. The van der Waals surface area contributed by atoms with Gasteiger partial charge in [-0.15, -0.1) is 0 Å². The van der Waals surface area contributed by atoms with Crippen molar-refractivity contribution in [2.75, 3.05) is 6.61 Å². The van der Waals surface area contributed by atoms with Gasteiger partial charge in [-0.25, -0.2) is 4.79 Å². The fourth-order valence-electron chi connectivity index (χ4n) is 1.14. The Morgan fingerprint density at radius 2 is 1.94 bits per heavy atom. The highest BCUT2D eigenvalue weighted by molar-refractivity contribution is 6.36. The van der Waals surface area contributed by atoms with E-state index in [0.717, 1.165) is 0 Å². The molecule has 0 heterocycles. The van der Waals surface area contributed by atoms with Crippen LogP contribution in [0.2, 0.25) is 0 Å². The van der Waals surface area contributed by atoms with E-state index in [0.29, 0.717) is 0 Å². The van der Waals surface area contributed by atoms with Crippen LogP contribution in [0.1, 0.15) is 27.2 Å². The predicted octanol–water partition coefficient (Wildman–Crippen LogP) is 0.835. The number of nitrogens with one attached hydrogen (secondary N) is 1. The zero-order valence-electron chi connectivity index (χ0n) is 10.5. The average Bonchev–Trinajstić information content (AvgIpc) is 2.31. The van der Waals surface area contributed by atoms with Crippen LogP contribution in [0.3, 0.4) is 0 Å². The van der Waals surface area contributed by atoms with Gasteiger partial charge in [-0.3, -0.25) is 9.59 Å². The lowest BCUT2D eigenvalue weighted by Gasteiger charge is -2.19. The van der Waals surface area contributed by atoms with Gasteiger partial charge in [0, 0.05) is 6.42 Å². The van der Waals surface area contributed by atoms with Crippen LogP contribution in [0, 0.1) is 5.92 Å². The van der Waals surface area contributed by atoms with Crippen LogP contribution in [0.15, 0.2) is 12.7 Å². The molecule has 0 aromatic rings. The van der Waals surface area contributed by atoms with E-state index in [1.165, 1.54) is 6.08 Å². The summed E-state index contributed by atoms with van der Waals surface area (Å²) in [7, 11) is 0. The van der Waals surface area contributed by atoms with Gasteiger partial charge in [0.15, 0.2) is 0 Å². The van der Waals surface area contributed by atoms with Gasteiger partial charge >= 0.3 is 5.97 Å². The first-order chi connectivity index (χ1) is 7.93. The number of amides is 1. The topological polar surface area (TPSA) is 72.5 Å². The molecule has 0 spiro atoms. The van der Waals surface area contributed by atoms with Crippen molar-refractivity contribution >= 4 is 17.7 Å². The summed E-state index contributed by atoms with van der Waals surface area (Å²) in [6, 6.07) is -0.834. The van der Waals surface area contributed by atoms with Crippen molar-refractivity contribution in [2.45, 2.75) is 33.2 Å². The quantitative estimate of drug-likeness (QED) is 0.407. The first-order valence-corrected chi connectivity index (χ1v) is 5.55. The Morgan fingerprint density at radius 1 is 1.35 bits per heavy atom. The zero-order valence-corrected chi connectivity index (χ0v) is 10.5.